The molecule has 2 aliphatic rings. The predicted molar refractivity (Wildman–Crippen MR) is 129 cm³/mol. The Bertz CT molecular complexity index is 1200. The van der Waals surface area contributed by atoms with Crippen molar-refractivity contribution in [1.82, 2.24) is 4.90 Å². The van der Waals surface area contributed by atoms with Crippen molar-refractivity contribution in [2.75, 3.05) is 13.7 Å². The predicted octanol–water partition coefficient (Wildman–Crippen LogP) is 5.24. The number of hydrogen-bond donors (Lipinski definition) is 1. The highest BCUT2D eigenvalue weighted by atomic mass is 32.1. The van der Waals surface area contributed by atoms with Crippen LogP contribution in [-0.4, -0.2) is 35.4 Å². The monoisotopic (exact) mass is 461 g/mol. The van der Waals surface area contributed by atoms with Gasteiger partial charge in [0.1, 0.15) is 0 Å². The number of phenolic OH excluding ortho intramolecular Hbond substituents is 1. The molecule has 1 aliphatic heterocycles. The van der Waals surface area contributed by atoms with E-state index in [-0.39, 0.29) is 17.5 Å². The Hall–Kier alpha value is -3.12. The zero-order chi connectivity index (χ0) is 22.9. The number of methoxy groups -OCH3 is 1. The van der Waals surface area contributed by atoms with E-state index in [1.165, 1.54) is 10.4 Å². The van der Waals surface area contributed by atoms with Gasteiger partial charge in [-0.25, -0.2) is 0 Å². The van der Waals surface area contributed by atoms with E-state index in [2.05, 4.69) is 6.07 Å². The Kier molecular flexibility index (Phi) is 5.94. The molecule has 5 rings (SSSR count). The minimum Gasteiger partial charge on any atom is -0.504 e. The van der Waals surface area contributed by atoms with Gasteiger partial charge >= 0.3 is 0 Å². The van der Waals surface area contributed by atoms with Crippen molar-refractivity contribution in [2.24, 2.45) is 5.92 Å². The van der Waals surface area contributed by atoms with Gasteiger partial charge < -0.3 is 14.7 Å². The van der Waals surface area contributed by atoms with Crippen LogP contribution < -0.4 is 4.74 Å². The molecular weight excluding hydrogens is 434 g/mol. The molecular formula is C27H27NO4S. The highest BCUT2D eigenvalue weighted by Gasteiger charge is 2.35. The summed E-state index contributed by atoms with van der Waals surface area (Å²) in [5.41, 5.74) is 3.55. The summed E-state index contributed by atoms with van der Waals surface area (Å²) >= 11 is 1.74. The summed E-state index contributed by atoms with van der Waals surface area (Å²) in [7, 11) is 1.54. The van der Waals surface area contributed by atoms with Crippen LogP contribution in [0.25, 0.3) is 10.4 Å². The Morgan fingerprint density at radius 2 is 1.94 bits per heavy atom. The largest absolute Gasteiger partial charge is 0.504 e. The molecule has 0 radical (unpaired) electrons. The highest BCUT2D eigenvalue weighted by Crippen LogP contribution is 2.41. The van der Waals surface area contributed by atoms with Crippen molar-refractivity contribution >= 4 is 23.0 Å². The number of carbonyl (C=O) groups excluding carboxylic acids is 2. The summed E-state index contributed by atoms with van der Waals surface area (Å²) in [5.74, 6) is 1.08. The molecule has 0 bridgehead atoms. The van der Waals surface area contributed by atoms with Gasteiger partial charge in [-0.3, -0.25) is 9.59 Å². The van der Waals surface area contributed by atoms with Gasteiger partial charge in [-0.05, 0) is 60.6 Å². The fraction of sp³-hybridized carbons (Fsp3) is 0.333. The molecule has 1 aromatic heterocycles. The van der Waals surface area contributed by atoms with Gasteiger partial charge in [-0.15, -0.1) is 11.3 Å². The van der Waals surface area contributed by atoms with Crippen LogP contribution in [0.2, 0.25) is 0 Å². The van der Waals surface area contributed by atoms with E-state index in [4.69, 9.17) is 4.74 Å². The molecule has 2 aromatic carbocycles. The molecule has 1 fully saturated rings. The van der Waals surface area contributed by atoms with Crippen molar-refractivity contribution in [3.63, 3.8) is 0 Å². The lowest BCUT2D eigenvalue weighted by Gasteiger charge is -2.27. The molecule has 3 aromatic rings. The van der Waals surface area contributed by atoms with Crippen molar-refractivity contribution in [2.45, 2.75) is 38.6 Å². The van der Waals surface area contributed by atoms with E-state index < -0.39 is 0 Å². The van der Waals surface area contributed by atoms with Gasteiger partial charge in [0.05, 0.1) is 7.11 Å². The maximum absolute atomic E-state index is 12.6. The number of fused-ring (bicyclic) bond motifs is 1. The quantitative estimate of drug-likeness (QED) is 0.489. The van der Waals surface area contributed by atoms with Gasteiger partial charge in [0.2, 0.25) is 5.91 Å². The van der Waals surface area contributed by atoms with E-state index in [1.54, 1.807) is 18.4 Å². The number of benzene rings is 2. The molecule has 1 N–H and O–H groups in total. The fourth-order valence-corrected chi connectivity index (χ4v) is 5.57. The smallest absolute Gasteiger partial charge is 0.225 e. The van der Waals surface area contributed by atoms with E-state index in [1.807, 2.05) is 47.4 Å². The molecule has 2 heterocycles. The molecule has 6 heteroatoms. The second-order valence-electron chi connectivity index (χ2n) is 8.82. The van der Waals surface area contributed by atoms with Crippen molar-refractivity contribution in [3.8, 4) is 21.9 Å². The number of ether oxygens (including phenoxy) is 1. The third-order valence-corrected chi connectivity index (χ3v) is 7.77. The average molecular weight is 462 g/mol. The lowest BCUT2D eigenvalue weighted by molar-refractivity contribution is -0.133. The second kappa shape index (κ2) is 9.02. The summed E-state index contributed by atoms with van der Waals surface area (Å²) < 4.78 is 5.44. The Morgan fingerprint density at radius 3 is 2.67 bits per heavy atom. The molecule has 0 atom stereocenters. The lowest BCUT2D eigenvalue weighted by atomic mass is 9.99. The zero-order valence-electron chi connectivity index (χ0n) is 18.7. The third kappa shape index (κ3) is 4.53. The van der Waals surface area contributed by atoms with E-state index in [0.717, 1.165) is 36.2 Å². The standard InChI is InChI=1S/C27H27NO4S/c1-32-23-14-20(13-19(26(23)30)9-10-22(29)17-5-3-2-4-6-17)25-15-21-16-28(12-11-24(21)33-25)27(31)18-7-8-18/h2-6,13-15,18,30H,7-12,16H2,1H3. The Labute approximate surface area is 197 Å². The van der Waals surface area contributed by atoms with Gasteiger partial charge in [-0.2, -0.15) is 0 Å². The number of aryl methyl sites for hydroxylation is 1. The maximum atomic E-state index is 12.6. The number of carbonyl (C=O) groups is 2. The summed E-state index contributed by atoms with van der Waals surface area (Å²) in [6, 6.07) is 15.2. The molecule has 1 saturated carbocycles. The molecule has 0 unspecified atom stereocenters. The summed E-state index contributed by atoms with van der Waals surface area (Å²) in [6.07, 6.45) is 3.67. The van der Waals surface area contributed by atoms with E-state index in [9.17, 15) is 14.7 Å². The molecule has 5 nitrogen and oxygen atoms in total. The number of thiophene rings is 1. The fourth-order valence-electron chi connectivity index (χ4n) is 4.42. The first-order chi connectivity index (χ1) is 16.0. The first-order valence-electron chi connectivity index (χ1n) is 11.4. The van der Waals surface area contributed by atoms with Gasteiger partial charge in [0.15, 0.2) is 17.3 Å². The van der Waals surface area contributed by atoms with Crippen LogP contribution in [0.15, 0.2) is 48.5 Å². The Balaban J connectivity index is 1.38. The van der Waals surface area contributed by atoms with E-state index >= 15 is 0 Å². The van der Waals surface area contributed by atoms with Crippen LogP contribution in [0.5, 0.6) is 11.5 Å². The Morgan fingerprint density at radius 1 is 1.15 bits per heavy atom. The van der Waals surface area contributed by atoms with Crippen molar-refractivity contribution in [1.29, 1.82) is 0 Å². The summed E-state index contributed by atoms with van der Waals surface area (Å²) in [6.45, 7) is 1.46. The van der Waals surface area contributed by atoms with Crippen LogP contribution in [0.3, 0.4) is 0 Å². The molecule has 33 heavy (non-hydrogen) atoms. The number of rotatable bonds is 7. The van der Waals surface area contributed by atoms with Crippen LogP contribution in [-0.2, 0) is 24.2 Å². The second-order valence-corrected chi connectivity index (χ2v) is 9.96. The van der Waals surface area contributed by atoms with Gasteiger partial charge in [-0.1, -0.05) is 30.3 Å². The zero-order valence-corrected chi connectivity index (χ0v) is 19.5. The highest BCUT2D eigenvalue weighted by molar-refractivity contribution is 7.15. The topological polar surface area (TPSA) is 66.8 Å². The first-order valence-corrected chi connectivity index (χ1v) is 12.2. The van der Waals surface area contributed by atoms with E-state index in [0.29, 0.717) is 42.2 Å². The minimum atomic E-state index is 0.0476. The number of hydrogen-bond acceptors (Lipinski definition) is 5. The van der Waals surface area contributed by atoms with Crippen LogP contribution in [0.1, 0.15) is 45.6 Å². The molecule has 0 spiro atoms. The van der Waals surface area contributed by atoms with Crippen molar-refractivity contribution < 1.29 is 19.4 Å². The number of nitrogens with zero attached hydrogens (tertiary/aromatic N) is 1. The molecule has 1 aliphatic carbocycles. The van der Waals surface area contributed by atoms with Crippen LogP contribution in [0, 0.1) is 5.92 Å². The minimum absolute atomic E-state index is 0.0476. The van der Waals surface area contributed by atoms with Gasteiger partial charge in [0.25, 0.3) is 0 Å². The number of phenols is 1. The van der Waals surface area contributed by atoms with Crippen LogP contribution >= 0.6 is 11.3 Å². The molecule has 0 saturated heterocycles. The number of aromatic hydroxyl groups is 1. The SMILES string of the molecule is COc1cc(-c2cc3c(s2)CCN(C(=O)C2CC2)C3)cc(CCC(=O)c2ccccc2)c1O. The van der Waals surface area contributed by atoms with Gasteiger partial charge in [0, 0.05) is 40.7 Å². The average Bonchev–Trinajstić information content (AvgIpc) is 3.61. The normalized spacial score (nSPS) is 15.2. The number of ketones is 1. The maximum Gasteiger partial charge on any atom is 0.225 e. The summed E-state index contributed by atoms with van der Waals surface area (Å²) in [4.78, 5) is 29.5. The number of Topliss-reactive ketones (excluding diaryl/α,β-unsaturated/α-hetero) is 1. The van der Waals surface area contributed by atoms with Crippen LogP contribution in [0.4, 0.5) is 0 Å². The molecule has 1 amide bonds. The lowest BCUT2D eigenvalue weighted by Crippen LogP contribution is -2.36. The summed E-state index contributed by atoms with van der Waals surface area (Å²) in [5, 5.41) is 10.7. The molecule has 170 valence electrons. The third-order valence-electron chi connectivity index (χ3n) is 6.48. The van der Waals surface area contributed by atoms with Crippen molar-refractivity contribution in [3.05, 3.63) is 70.1 Å². The number of amides is 1. The first kappa shape index (κ1) is 21.7.